The lowest BCUT2D eigenvalue weighted by atomic mass is 9.93. The van der Waals surface area contributed by atoms with Crippen LogP contribution in [0.3, 0.4) is 0 Å². The maximum atomic E-state index is 12.9. The number of aliphatic imine (C=N–C) groups is 1. The van der Waals surface area contributed by atoms with Crippen molar-refractivity contribution < 1.29 is 14.5 Å². The Morgan fingerprint density at radius 3 is 2.68 bits per heavy atom. The number of nitro benzene ring substituents is 1. The van der Waals surface area contributed by atoms with Crippen molar-refractivity contribution in [1.29, 1.82) is 0 Å². The number of hydrogen-bond acceptors (Lipinski definition) is 7. The summed E-state index contributed by atoms with van der Waals surface area (Å²) in [6.07, 6.45) is 0. The van der Waals surface area contributed by atoms with Crippen molar-refractivity contribution in [2.24, 2.45) is 4.99 Å². The summed E-state index contributed by atoms with van der Waals surface area (Å²) in [5.41, 5.74) is 3.62. The standard InChI is InChI=1S/C22H18BrN3O4S/c1-3-30-21(27)19-13(2)24-22-25(20(19)15-5-4-6-16(23)11-15)18(12-31-22)14-7-9-17(10-8-14)26(28)29/h4-12,20H,3H2,1-2H3/t20-/m1/s1. The lowest BCUT2D eigenvalue weighted by Gasteiger charge is -2.36. The van der Waals surface area contributed by atoms with E-state index in [1.54, 1.807) is 19.1 Å². The molecule has 0 saturated carbocycles. The van der Waals surface area contributed by atoms with Crippen LogP contribution in [0.1, 0.15) is 31.0 Å². The van der Waals surface area contributed by atoms with Crippen LogP contribution >= 0.6 is 27.7 Å². The minimum absolute atomic E-state index is 0.0222. The zero-order valence-electron chi connectivity index (χ0n) is 16.7. The van der Waals surface area contributed by atoms with Crippen LogP contribution in [0.2, 0.25) is 0 Å². The van der Waals surface area contributed by atoms with Crippen LogP contribution in [0.15, 0.2) is 74.7 Å². The van der Waals surface area contributed by atoms with Gasteiger partial charge in [-0.3, -0.25) is 10.1 Å². The number of esters is 1. The van der Waals surface area contributed by atoms with Gasteiger partial charge < -0.3 is 9.64 Å². The Labute approximate surface area is 191 Å². The van der Waals surface area contributed by atoms with Gasteiger partial charge in [0, 0.05) is 22.0 Å². The first-order valence-electron chi connectivity index (χ1n) is 9.53. The maximum absolute atomic E-state index is 12.9. The molecular formula is C22H18BrN3O4S. The molecule has 0 N–H and O–H groups in total. The number of carbonyl (C=O) groups is 1. The van der Waals surface area contributed by atoms with Gasteiger partial charge in [0.2, 0.25) is 0 Å². The molecule has 0 fully saturated rings. The van der Waals surface area contributed by atoms with Crippen molar-refractivity contribution in [1.82, 2.24) is 4.90 Å². The van der Waals surface area contributed by atoms with Crippen LogP contribution in [-0.4, -0.2) is 27.6 Å². The van der Waals surface area contributed by atoms with Crippen LogP contribution in [-0.2, 0) is 9.53 Å². The summed E-state index contributed by atoms with van der Waals surface area (Å²) in [7, 11) is 0. The van der Waals surface area contributed by atoms with E-state index in [4.69, 9.17) is 4.74 Å². The van der Waals surface area contributed by atoms with Crippen molar-refractivity contribution in [3.8, 4) is 0 Å². The van der Waals surface area contributed by atoms with Crippen molar-refractivity contribution in [2.75, 3.05) is 6.61 Å². The Kier molecular flexibility index (Phi) is 5.97. The number of nitrogens with zero attached hydrogens (tertiary/aromatic N) is 3. The van der Waals surface area contributed by atoms with Gasteiger partial charge in [0.25, 0.3) is 5.69 Å². The SMILES string of the molecule is CCOC(=O)C1=C(C)N=C2SC=C(c3ccc([N+](=O)[O-])cc3)N2[C@@H]1c1cccc(Br)c1. The van der Waals surface area contributed by atoms with Crippen LogP contribution < -0.4 is 0 Å². The molecule has 0 unspecified atom stereocenters. The number of nitro groups is 1. The quantitative estimate of drug-likeness (QED) is 0.300. The van der Waals surface area contributed by atoms with Crippen LogP contribution in [0.25, 0.3) is 5.70 Å². The Bertz CT molecular complexity index is 1160. The number of halogens is 1. The average molecular weight is 500 g/mol. The number of allylic oxidation sites excluding steroid dienone is 1. The monoisotopic (exact) mass is 499 g/mol. The molecule has 2 heterocycles. The van der Waals surface area contributed by atoms with E-state index in [-0.39, 0.29) is 12.3 Å². The number of non-ortho nitro benzene ring substituents is 1. The molecule has 2 aromatic rings. The largest absolute Gasteiger partial charge is 0.463 e. The zero-order chi connectivity index (χ0) is 22.1. The predicted molar refractivity (Wildman–Crippen MR) is 124 cm³/mol. The van der Waals surface area contributed by atoms with Crippen molar-refractivity contribution >= 4 is 50.2 Å². The van der Waals surface area contributed by atoms with Gasteiger partial charge in [0.15, 0.2) is 5.17 Å². The third-order valence-corrected chi connectivity index (χ3v) is 6.29. The molecule has 1 atom stereocenters. The third-order valence-electron chi connectivity index (χ3n) is 4.96. The molecule has 158 valence electrons. The highest BCUT2D eigenvalue weighted by atomic mass is 79.9. The molecule has 0 bridgehead atoms. The van der Waals surface area contributed by atoms with Crippen LogP contribution in [0.5, 0.6) is 0 Å². The van der Waals surface area contributed by atoms with Gasteiger partial charge in [-0.15, -0.1) is 0 Å². The molecule has 4 rings (SSSR count). The average Bonchev–Trinajstić information content (AvgIpc) is 3.16. The molecule has 2 aliphatic rings. The molecule has 0 spiro atoms. The number of hydrogen-bond donors (Lipinski definition) is 0. The van der Waals surface area contributed by atoms with Gasteiger partial charge in [-0.2, -0.15) is 0 Å². The van der Waals surface area contributed by atoms with Gasteiger partial charge in [-0.25, -0.2) is 9.79 Å². The molecule has 9 heteroatoms. The Hall–Kier alpha value is -2.91. The summed E-state index contributed by atoms with van der Waals surface area (Å²) >= 11 is 4.98. The number of amidine groups is 1. The summed E-state index contributed by atoms with van der Waals surface area (Å²) in [5.74, 6) is -0.410. The smallest absolute Gasteiger partial charge is 0.338 e. The van der Waals surface area contributed by atoms with Crippen molar-refractivity contribution in [3.05, 3.63) is 90.9 Å². The highest BCUT2D eigenvalue weighted by molar-refractivity contribution is 9.10. The van der Waals surface area contributed by atoms with E-state index in [1.165, 1.54) is 23.9 Å². The van der Waals surface area contributed by atoms with Crippen LogP contribution in [0.4, 0.5) is 5.69 Å². The Morgan fingerprint density at radius 1 is 1.29 bits per heavy atom. The second-order valence-electron chi connectivity index (χ2n) is 6.87. The van der Waals surface area contributed by atoms with Gasteiger partial charge in [-0.05, 0) is 49.2 Å². The molecule has 0 saturated heterocycles. The van der Waals surface area contributed by atoms with Gasteiger partial charge >= 0.3 is 5.97 Å². The van der Waals surface area contributed by atoms with E-state index >= 15 is 0 Å². The molecule has 0 amide bonds. The molecular weight excluding hydrogens is 482 g/mol. The topological polar surface area (TPSA) is 85.0 Å². The lowest BCUT2D eigenvalue weighted by molar-refractivity contribution is -0.384. The highest BCUT2D eigenvalue weighted by Crippen LogP contribution is 2.47. The zero-order valence-corrected chi connectivity index (χ0v) is 19.1. The van der Waals surface area contributed by atoms with E-state index in [0.29, 0.717) is 11.3 Å². The Balaban J connectivity index is 1.83. The first kappa shape index (κ1) is 21.3. The highest BCUT2D eigenvalue weighted by Gasteiger charge is 2.41. The van der Waals surface area contributed by atoms with Gasteiger partial charge in [0.1, 0.15) is 0 Å². The van der Waals surface area contributed by atoms with Gasteiger partial charge in [0.05, 0.1) is 34.5 Å². The molecule has 31 heavy (non-hydrogen) atoms. The fourth-order valence-corrected chi connectivity index (χ4v) is 5.00. The summed E-state index contributed by atoms with van der Waals surface area (Å²) in [5, 5.41) is 13.7. The number of ether oxygens (including phenoxy) is 1. The number of rotatable bonds is 5. The number of benzene rings is 2. The van der Waals surface area contributed by atoms with E-state index in [9.17, 15) is 14.9 Å². The molecule has 7 nitrogen and oxygen atoms in total. The summed E-state index contributed by atoms with van der Waals surface area (Å²) in [6, 6.07) is 13.7. The first-order valence-corrected chi connectivity index (χ1v) is 11.2. The number of fused-ring (bicyclic) bond motifs is 1. The van der Waals surface area contributed by atoms with E-state index in [2.05, 4.69) is 20.9 Å². The van der Waals surface area contributed by atoms with Crippen LogP contribution in [0, 0.1) is 10.1 Å². The summed E-state index contributed by atoms with van der Waals surface area (Å²) in [4.78, 5) is 30.2. The second-order valence-corrected chi connectivity index (χ2v) is 8.62. The molecule has 0 aromatic heterocycles. The van der Waals surface area contributed by atoms with Gasteiger partial charge in [-0.1, -0.05) is 39.8 Å². The molecule has 0 radical (unpaired) electrons. The normalized spacial score (nSPS) is 17.8. The van der Waals surface area contributed by atoms with Crippen molar-refractivity contribution in [2.45, 2.75) is 19.9 Å². The fourth-order valence-electron chi connectivity index (χ4n) is 3.61. The summed E-state index contributed by atoms with van der Waals surface area (Å²) in [6.45, 7) is 3.84. The minimum Gasteiger partial charge on any atom is -0.463 e. The fraction of sp³-hybridized carbons (Fsp3) is 0.182. The van der Waals surface area contributed by atoms with E-state index in [0.717, 1.165) is 26.5 Å². The van der Waals surface area contributed by atoms with E-state index in [1.807, 2.05) is 41.5 Å². The predicted octanol–water partition coefficient (Wildman–Crippen LogP) is 5.65. The number of thioether (sulfide) groups is 1. The lowest BCUT2D eigenvalue weighted by Crippen LogP contribution is -2.36. The summed E-state index contributed by atoms with van der Waals surface area (Å²) < 4.78 is 6.25. The third kappa shape index (κ3) is 4.03. The molecule has 2 aromatic carbocycles. The maximum Gasteiger partial charge on any atom is 0.338 e. The minimum atomic E-state index is -0.444. The number of carbonyl (C=O) groups excluding carboxylic acids is 1. The first-order chi connectivity index (χ1) is 14.9. The Morgan fingerprint density at radius 2 is 2.03 bits per heavy atom. The van der Waals surface area contributed by atoms with Crippen molar-refractivity contribution in [3.63, 3.8) is 0 Å². The molecule has 2 aliphatic heterocycles. The van der Waals surface area contributed by atoms with E-state index < -0.39 is 16.9 Å². The second kappa shape index (κ2) is 8.68. The molecule has 0 aliphatic carbocycles.